The summed E-state index contributed by atoms with van der Waals surface area (Å²) in [4.78, 5) is 24.6. The van der Waals surface area contributed by atoms with E-state index in [1.165, 1.54) is 17.8 Å². The fourth-order valence-corrected chi connectivity index (χ4v) is 4.09. The zero-order chi connectivity index (χ0) is 22.8. The van der Waals surface area contributed by atoms with Gasteiger partial charge in [-0.05, 0) is 42.9 Å². The molecule has 1 aliphatic rings. The fourth-order valence-electron chi connectivity index (χ4n) is 4.09. The maximum atomic E-state index is 11.0. The van der Waals surface area contributed by atoms with Crippen LogP contribution in [0.5, 0.6) is 0 Å². The number of likely N-dealkylation sites (N-methyl/N-ethyl adjacent to an activating group) is 1. The number of nitrogens with zero attached hydrogens (tertiary/aromatic N) is 5. The third-order valence-corrected chi connectivity index (χ3v) is 5.97. The predicted octanol–water partition coefficient (Wildman–Crippen LogP) is 4.70. The maximum absolute atomic E-state index is 11.0. The molecule has 0 amide bonds. The smallest absolute Gasteiger partial charge is 0.269 e. The lowest BCUT2D eigenvalue weighted by molar-refractivity contribution is -0.384. The summed E-state index contributed by atoms with van der Waals surface area (Å²) in [6, 6.07) is 20.7. The van der Waals surface area contributed by atoms with Crippen LogP contribution in [-0.2, 0) is 0 Å². The Morgan fingerprint density at radius 1 is 0.970 bits per heavy atom. The van der Waals surface area contributed by atoms with Crippen LogP contribution in [-0.4, -0.2) is 53.0 Å². The van der Waals surface area contributed by atoms with E-state index in [9.17, 15) is 10.1 Å². The molecule has 0 unspecified atom stereocenters. The van der Waals surface area contributed by atoms with E-state index in [0.717, 1.165) is 53.9 Å². The molecule has 2 heterocycles. The first-order chi connectivity index (χ1) is 16.1. The van der Waals surface area contributed by atoms with E-state index in [0.29, 0.717) is 5.95 Å². The highest BCUT2D eigenvalue weighted by molar-refractivity contribution is 5.94. The Hall–Kier alpha value is -4.04. The van der Waals surface area contributed by atoms with Gasteiger partial charge in [0.05, 0.1) is 10.4 Å². The molecule has 0 bridgehead atoms. The van der Waals surface area contributed by atoms with Crippen molar-refractivity contribution in [1.29, 1.82) is 0 Å². The van der Waals surface area contributed by atoms with E-state index >= 15 is 0 Å². The SMILES string of the molecule is CN1CCN(c2cccc(Nc3ncc4cccc(-c5ccc([N+](=O)[O-])cc5)c4n3)c2)CC1. The third-order valence-electron chi connectivity index (χ3n) is 5.97. The molecule has 4 aromatic rings. The standard InChI is InChI=1S/C25H24N6O2/c1-29-12-14-30(15-13-29)22-6-3-5-20(16-22)27-25-26-17-19-4-2-7-23(24(19)28-25)18-8-10-21(11-9-18)31(32)33/h2-11,16-17H,12-15H2,1H3,(H,26,27,28). The molecule has 1 aliphatic heterocycles. The first-order valence-corrected chi connectivity index (χ1v) is 10.9. The number of non-ortho nitro benzene ring substituents is 1. The quantitative estimate of drug-likeness (QED) is 0.355. The lowest BCUT2D eigenvalue weighted by Crippen LogP contribution is -2.44. The van der Waals surface area contributed by atoms with Crippen molar-refractivity contribution < 1.29 is 4.92 Å². The third kappa shape index (κ3) is 4.47. The average molecular weight is 441 g/mol. The number of fused-ring (bicyclic) bond motifs is 1. The minimum atomic E-state index is -0.395. The lowest BCUT2D eigenvalue weighted by Gasteiger charge is -2.34. The van der Waals surface area contributed by atoms with Crippen molar-refractivity contribution in [2.75, 3.05) is 43.4 Å². The summed E-state index contributed by atoms with van der Waals surface area (Å²) in [7, 11) is 2.15. The van der Waals surface area contributed by atoms with Gasteiger partial charge in [-0.15, -0.1) is 0 Å². The van der Waals surface area contributed by atoms with E-state index in [1.807, 2.05) is 30.3 Å². The van der Waals surface area contributed by atoms with Crippen LogP contribution >= 0.6 is 0 Å². The molecule has 0 aliphatic carbocycles. The van der Waals surface area contributed by atoms with Gasteiger partial charge < -0.3 is 15.1 Å². The number of hydrogen-bond donors (Lipinski definition) is 1. The number of nitrogens with one attached hydrogen (secondary N) is 1. The Bertz CT molecular complexity index is 1300. The molecule has 166 valence electrons. The van der Waals surface area contributed by atoms with Gasteiger partial charge in [0, 0.05) is 66.8 Å². The highest BCUT2D eigenvalue weighted by Gasteiger charge is 2.15. The van der Waals surface area contributed by atoms with E-state index in [1.54, 1.807) is 18.3 Å². The molecular weight excluding hydrogens is 416 g/mol. The van der Waals surface area contributed by atoms with Crippen LogP contribution < -0.4 is 10.2 Å². The molecule has 5 rings (SSSR count). The van der Waals surface area contributed by atoms with Crippen LogP contribution in [0.1, 0.15) is 0 Å². The molecule has 1 fully saturated rings. The molecule has 3 aromatic carbocycles. The summed E-state index contributed by atoms with van der Waals surface area (Å²) in [5.41, 5.74) is 4.74. The Balaban J connectivity index is 1.43. The van der Waals surface area contributed by atoms with Crippen molar-refractivity contribution in [2.24, 2.45) is 0 Å². The number of aromatic nitrogens is 2. The predicted molar refractivity (Wildman–Crippen MR) is 131 cm³/mol. The van der Waals surface area contributed by atoms with Gasteiger partial charge in [0.25, 0.3) is 5.69 Å². The monoisotopic (exact) mass is 440 g/mol. The second-order valence-corrected chi connectivity index (χ2v) is 8.21. The van der Waals surface area contributed by atoms with Crippen molar-refractivity contribution in [3.63, 3.8) is 0 Å². The normalized spacial score (nSPS) is 14.4. The molecular formula is C25H24N6O2. The second kappa shape index (κ2) is 8.84. The Morgan fingerprint density at radius 2 is 1.73 bits per heavy atom. The highest BCUT2D eigenvalue weighted by Crippen LogP contribution is 2.30. The van der Waals surface area contributed by atoms with E-state index < -0.39 is 4.92 Å². The fraction of sp³-hybridized carbons (Fsp3) is 0.200. The number of para-hydroxylation sites is 1. The summed E-state index contributed by atoms with van der Waals surface area (Å²) in [5.74, 6) is 0.507. The second-order valence-electron chi connectivity index (χ2n) is 8.21. The molecule has 0 radical (unpaired) electrons. The summed E-state index contributed by atoms with van der Waals surface area (Å²) in [6.45, 7) is 4.11. The van der Waals surface area contributed by atoms with Gasteiger partial charge >= 0.3 is 0 Å². The number of nitro groups is 1. The lowest BCUT2D eigenvalue weighted by atomic mass is 10.0. The first-order valence-electron chi connectivity index (χ1n) is 10.9. The van der Waals surface area contributed by atoms with Crippen LogP contribution in [0.2, 0.25) is 0 Å². The molecule has 0 spiro atoms. The average Bonchev–Trinajstić information content (AvgIpc) is 2.84. The Kier molecular flexibility index (Phi) is 5.58. The van der Waals surface area contributed by atoms with Gasteiger partial charge in [0.15, 0.2) is 0 Å². The van der Waals surface area contributed by atoms with Crippen molar-refractivity contribution >= 4 is 33.9 Å². The summed E-state index contributed by atoms with van der Waals surface area (Å²) < 4.78 is 0. The number of rotatable bonds is 5. The topological polar surface area (TPSA) is 87.4 Å². The van der Waals surface area contributed by atoms with Gasteiger partial charge in [-0.3, -0.25) is 10.1 Å². The number of nitro benzene ring substituents is 1. The number of piperazine rings is 1. The van der Waals surface area contributed by atoms with Crippen LogP contribution in [0, 0.1) is 10.1 Å². The first kappa shape index (κ1) is 20.8. The van der Waals surface area contributed by atoms with Crippen LogP contribution in [0.25, 0.3) is 22.0 Å². The summed E-state index contributed by atoms with van der Waals surface area (Å²) >= 11 is 0. The molecule has 1 aromatic heterocycles. The van der Waals surface area contributed by atoms with Crippen LogP contribution in [0.3, 0.4) is 0 Å². The molecule has 0 saturated carbocycles. The van der Waals surface area contributed by atoms with Gasteiger partial charge in [0.1, 0.15) is 0 Å². The molecule has 33 heavy (non-hydrogen) atoms. The van der Waals surface area contributed by atoms with Crippen molar-refractivity contribution in [1.82, 2.24) is 14.9 Å². The molecule has 1 N–H and O–H groups in total. The van der Waals surface area contributed by atoms with E-state index in [2.05, 4.69) is 39.3 Å². The minimum Gasteiger partial charge on any atom is -0.369 e. The van der Waals surface area contributed by atoms with Gasteiger partial charge in [0.2, 0.25) is 5.95 Å². The summed E-state index contributed by atoms with van der Waals surface area (Å²) in [6.07, 6.45) is 1.80. The zero-order valence-electron chi connectivity index (χ0n) is 18.3. The summed E-state index contributed by atoms with van der Waals surface area (Å²) in [5, 5.41) is 15.2. The Labute approximate surface area is 191 Å². The van der Waals surface area contributed by atoms with Gasteiger partial charge in [-0.2, -0.15) is 0 Å². The molecule has 8 heteroatoms. The van der Waals surface area contributed by atoms with Crippen LogP contribution in [0.4, 0.5) is 23.0 Å². The highest BCUT2D eigenvalue weighted by atomic mass is 16.6. The van der Waals surface area contributed by atoms with E-state index in [-0.39, 0.29) is 5.69 Å². The molecule has 0 atom stereocenters. The van der Waals surface area contributed by atoms with Crippen molar-refractivity contribution in [2.45, 2.75) is 0 Å². The van der Waals surface area contributed by atoms with E-state index in [4.69, 9.17) is 4.98 Å². The largest absolute Gasteiger partial charge is 0.369 e. The number of hydrogen-bond acceptors (Lipinski definition) is 7. The van der Waals surface area contributed by atoms with Crippen LogP contribution in [0.15, 0.2) is 72.9 Å². The van der Waals surface area contributed by atoms with Crippen molar-refractivity contribution in [3.8, 4) is 11.1 Å². The molecule has 1 saturated heterocycles. The number of anilines is 3. The van der Waals surface area contributed by atoms with Gasteiger partial charge in [-0.1, -0.05) is 24.3 Å². The van der Waals surface area contributed by atoms with Crippen molar-refractivity contribution in [3.05, 3.63) is 83.0 Å². The maximum Gasteiger partial charge on any atom is 0.269 e. The molecule has 8 nitrogen and oxygen atoms in total. The minimum absolute atomic E-state index is 0.0659. The Morgan fingerprint density at radius 3 is 2.48 bits per heavy atom. The van der Waals surface area contributed by atoms with Gasteiger partial charge in [-0.25, -0.2) is 9.97 Å². The number of benzene rings is 3. The zero-order valence-corrected chi connectivity index (χ0v) is 18.3.